The minimum absolute atomic E-state index is 0.0632. The van der Waals surface area contributed by atoms with E-state index in [1.807, 2.05) is 28.0 Å². The Hall–Kier alpha value is -2.10. The van der Waals surface area contributed by atoms with Crippen molar-refractivity contribution in [3.8, 4) is 0 Å². The van der Waals surface area contributed by atoms with Gasteiger partial charge in [0.2, 0.25) is 11.8 Å². The second-order valence-corrected chi connectivity index (χ2v) is 7.39. The zero-order valence-electron chi connectivity index (χ0n) is 15.9. The van der Waals surface area contributed by atoms with Crippen LogP contribution in [0, 0.1) is 0 Å². The van der Waals surface area contributed by atoms with Crippen molar-refractivity contribution < 1.29 is 9.59 Å². The number of allylic oxidation sites excluding steroid dienone is 1. The summed E-state index contributed by atoms with van der Waals surface area (Å²) in [5.74, 6) is 0.188. The number of para-hydroxylation sites is 1. The molecule has 1 aliphatic carbocycles. The Morgan fingerprint density at radius 3 is 2.69 bits per heavy atom. The van der Waals surface area contributed by atoms with Gasteiger partial charge in [-0.3, -0.25) is 9.59 Å². The fourth-order valence-electron chi connectivity index (χ4n) is 4.00. The van der Waals surface area contributed by atoms with Crippen LogP contribution in [0.2, 0.25) is 0 Å². The van der Waals surface area contributed by atoms with Crippen LogP contribution in [0.3, 0.4) is 0 Å². The van der Waals surface area contributed by atoms with E-state index in [-0.39, 0.29) is 11.8 Å². The molecule has 0 fully saturated rings. The maximum absolute atomic E-state index is 12.8. The Morgan fingerprint density at radius 2 is 1.92 bits per heavy atom. The van der Waals surface area contributed by atoms with Gasteiger partial charge in [0.25, 0.3) is 0 Å². The first-order valence-corrected chi connectivity index (χ1v) is 9.97. The van der Waals surface area contributed by atoms with Crippen LogP contribution in [-0.2, 0) is 16.0 Å². The number of benzene rings is 1. The minimum Gasteiger partial charge on any atom is -0.342 e. The van der Waals surface area contributed by atoms with Crippen molar-refractivity contribution in [3.05, 3.63) is 41.5 Å². The number of aryl methyl sites for hydroxylation is 1. The number of amides is 2. The smallest absolute Gasteiger partial charge is 0.228 e. The summed E-state index contributed by atoms with van der Waals surface area (Å²) in [7, 11) is 0. The summed E-state index contributed by atoms with van der Waals surface area (Å²) in [6, 6.07) is 8.16. The van der Waals surface area contributed by atoms with Crippen LogP contribution in [0.25, 0.3) is 0 Å². The predicted molar refractivity (Wildman–Crippen MR) is 105 cm³/mol. The molecule has 140 valence electrons. The molecule has 1 aromatic carbocycles. The molecule has 0 saturated carbocycles. The van der Waals surface area contributed by atoms with Gasteiger partial charge in [-0.1, -0.05) is 29.8 Å². The molecule has 0 radical (unpaired) electrons. The Bertz CT molecular complexity index is 680. The third-order valence-corrected chi connectivity index (χ3v) is 5.54. The second-order valence-electron chi connectivity index (χ2n) is 7.39. The molecule has 0 N–H and O–H groups in total. The molecule has 4 heteroatoms. The Morgan fingerprint density at radius 1 is 1.08 bits per heavy atom. The van der Waals surface area contributed by atoms with E-state index in [1.165, 1.54) is 30.4 Å². The van der Waals surface area contributed by atoms with Gasteiger partial charge in [-0.25, -0.2) is 0 Å². The quantitative estimate of drug-likeness (QED) is 0.722. The third kappa shape index (κ3) is 4.75. The van der Waals surface area contributed by atoms with Gasteiger partial charge in [0.05, 0.1) is 0 Å². The molecule has 1 aromatic rings. The average molecular weight is 354 g/mol. The molecule has 0 atom stereocenters. The van der Waals surface area contributed by atoms with Crippen molar-refractivity contribution in [2.75, 3.05) is 24.5 Å². The van der Waals surface area contributed by atoms with Crippen molar-refractivity contribution in [2.45, 2.75) is 58.3 Å². The van der Waals surface area contributed by atoms with E-state index in [1.54, 1.807) is 6.92 Å². The lowest BCUT2D eigenvalue weighted by atomic mass is 9.97. The molecule has 0 bridgehead atoms. The molecule has 0 aromatic heterocycles. The van der Waals surface area contributed by atoms with Crippen molar-refractivity contribution >= 4 is 17.5 Å². The topological polar surface area (TPSA) is 40.6 Å². The molecule has 3 rings (SSSR count). The SMILES string of the molecule is CC(=O)N(CCC(=O)N1CCCc2ccccc21)CCC1=CCCCC1. The highest BCUT2D eigenvalue weighted by Crippen LogP contribution is 2.27. The third-order valence-electron chi connectivity index (χ3n) is 5.54. The molecule has 2 aliphatic rings. The first-order chi connectivity index (χ1) is 12.6. The highest BCUT2D eigenvalue weighted by molar-refractivity contribution is 5.94. The lowest BCUT2D eigenvalue weighted by molar-refractivity contribution is -0.129. The number of nitrogens with zero attached hydrogens (tertiary/aromatic N) is 2. The Balaban J connectivity index is 1.55. The molecule has 0 unspecified atom stereocenters. The van der Waals surface area contributed by atoms with Crippen LogP contribution in [0.4, 0.5) is 5.69 Å². The molecular formula is C22H30N2O2. The van der Waals surface area contributed by atoms with E-state index in [4.69, 9.17) is 0 Å². The first-order valence-electron chi connectivity index (χ1n) is 9.97. The molecule has 1 aliphatic heterocycles. The van der Waals surface area contributed by atoms with E-state index >= 15 is 0 Å². The van der Waals surface area contributed by atoms with E-state index in [2.05, 4.69) is 12.1 Å². The lowest BCUT2D eigenvalue weighted by Gasteiger charge is -2.30. The number of carbonyl (C=O) groups excluding carboxylic acids is 2. The van der Waals surface area contributed by atoms with Gasteiger partial charge in [-0.05, 0) is 56.6 Å². The van der Waals surface area contributed by atoms with Gasteiger partial charge >= 0.3 is 0 Å². The van der Waals surface area contributed by atoms with Crippen LogP contribution >= 0.6 is 0 Å². The monoisotopic (exact) mass is 354 g/mol. The van der Waals surface area contributed by atoms with Crippen molar-refractivity contribution in [2.24, 2.45) is 0 Å². The maximum Gasteiger partial charge on any atom is 0.228 e. The number of fused-ring (bicyclic) bond motifs is 1. The zero-order valence-corrected chi connectivity index (χ0v) is 15.9. The summed E-state index contributed by atoms with van der Waals surface area (Å²) in [5.41, 5.74) is 3.77. The Kier molecular flexibility index (Phi) is 6.48. The second kappa shape index (κ2) is 9.02. The molecule has 0 saturated heterocycles. The van der Waals surface area contributed by atoms with Gasteiger partial charge in [0, 0.05) is 38.7 Å². The average Bonchev–Trinajstić information content (AvgIpc) is 2.67. The summed E-state index contributed by atoms with van der Waals surface area (Å²) >= 11 is 0. The predicted octanol–water partition coefficient (Wildman–Crippen LogP) is 4.09. The van der Waals surface area contributed by atoms with Gasteiger partial charge in [0.1, 0.15) is 0 Å². The fourth-order valence-corrected chi connectivity index (χ4v) is 4.00. The Labute approximate surface area is 156 Å². The minimum atomic E-state index is 0.0632. The van der Waals surface area contributed by atoms with Crippen LogP contribution < -0.4 is 4.90 Å². The first kappa shape index (κ1) is 18.7. The summed E-state index contributed by atoms with van der Waals surface area (Å²) < 4.78 is 0. The van der Waals surface area contributed by atoms with Crippen LogP contribution in [0.5, 0.6) is 0 Å². The van der Waals surface area contributed by atoms with Crippen LogP contribution in [-0.4, -0.2) is 36.3 Å². The fraction of sp³-hybridized carbons (Fsp3) is 0.545. The van der Waals surface area contributed by atoms with Crippen LogP contribution in [0.15, 0.2) is 35.9 Å². The molecule has 1 heterocycles. The van der Waals surface area contributed by atoms with Gasteiger partial charge in [-0.15, -0.1) is 0 Å². The van der Waals surface area contributed by atoms with E-state index in [0.29, 0.717) is 13.0 Å². The normalized spacial score (nSPS) is 16.7. The number of anilines is 1. The highest BCUT2D eigenvalue weighted by atomic mass is 16.2. The largest absolute Gasteiger partial charge is 0.342 e. The standard InChI is InChI=1S/C22H30N2O2/c1-18(25)23(16-13-19-8-3-2-4-9-19)17-14-22(26)24-15-7-11-20-10-5-6-12-21(20)24/h5-6,8,10,12H,2-4,7,9,11,13-17H2,1H3. The number of hydrogen-bond donors (Lipinski definition) is 0. The number of rotatable bonds is 6. The van der Waals surface area contributed by atoms with Gasteiger partial charge in [0.15, 0.2) is 0 Å². The number of carbonyl (C=O) groups is 2. The van der Waals surface area contributed by atoms with Gasteiger partial charge < -0.3 is 9.80 Å². The van der Waals surface area contributed by atoms with Crippen molar-refractivity contribution in [1.29, 1.82) is 0 Å². The van der Waals surface area contributed by atoms with E-state index in [9.17, 15) is 9.59 Å². The summed E-state index contributed by atoms with van der Waals surface area (Å²) in [5, 5.41) is 0. The summed E-state index contributed by atoms with van der Waals surface area (Å²) in [6.45, 7) is 3.63. The zero-order chi connectivity index (χ0) is 18.4. The van der Waals surface area contributed by atoms with E-state index < -0.39 is 0 Å². The van der Waals surface area contributed by atoms with Crippen molar-refractivity contribution in [1.82, 2.24) is 4.90 Å². The molecule has 0 spiro atoms. The summed E-state index contributed by atoms with van der Waals surface area (Å²) in [6.07, 6.45) is 10.6. The lowest BCUT2D eigenvalue weighted by Crippen LogP contribution is -2.39. The highest BCUT2D eigenvalue weighted by Gasteiger charge is 2.22. The molecule has 4 nitrogen and oxygen atoms in total. The number of hydrogen-bond acceptors (Lipinski definition) is 2. The molecule has 26 heavy (non-hydrogen) atoms. The van der Waals surface area contributed by atoms with Crippen LogP contribution in [0.1, 0.15) is 57.4 Å². The molecular weight excluding hydrogens is 324 g/mol. The molecule has 2 amide bonds. The summed E-state index contributed by atoms with van der Waals surface area (Å²) in [4.78, 5) is 28.5. The van der Waals surface area contributed by atoms with Crippen molar-refractivity contribution in [3.63, 3.8) is 0 Å². The maximum atomic E-state index is 12.8. The van der Waals surface area contributed by atoms with Gasteiger partial charge in [-0.2, -0.15) is 0 Å². The van der Waals surface area contributed by atoms with E-state index in [0.717, 1.165) is 44.5 Å².